The molecule has 2 aromatic rings. The van der Waals surface area contributed by atoms with Crippen molar-refractivity contribution in [1.82, 2.24) is 19.1 Å². The van der Waals surface area contributed by atoms with Crippen molar-refractivity contribution in [1.29, 1.82) is 0 Å². The van der Waals surface area contributed by atoms with Gasteiger partial charge < -0.3 is 14.2 Å². The molecule has 0 saturated carbocycles. The van der Waals surface area contributed by atoms with E-state index in [0.29, 0.717) is 6.61 Å². The molecule has 0 spiro atoms. The number of hydrogen-bond donors (Lipinski definition) is 2. The van der Waals surface area contributed by atoms with E-state index >= 15 is 0 Å². The van der Waals surface area contributed by atoms with E-state index in [0.717, 1.165) is 12.8 Å². The average Bonchev–Trinajstić information content (AvgIpc) is 2.93. The summed E-state index contributed by atoms with van der Waals surface area (Å²) in [6.07, 6.45) is 1.33. The van der Waals surface area contributed by atoms with E-state index in [-0.39, 0.29) is 47.7 Å². The maximum Gasteiger partial charge on any atom is 0.302 e. The highest BCUT2D eigenvalue weighted by Gasteiger charge is 2.21. The smallest absolute Gasteiger partial charge is 0.302 e. The van der Waals surface area contributed by atoms with E-state index in [9.17, 15) is 14.4 Å². The van der Waals surface area contributed by atoms with Crippen LogP contribution in [-0.2, 0) is 30.5 Å². The van der Waals surface area contributed by atoms with E-state index in [1.165, 1.54) is 18.4 Å². The van der Waals surface area contributed by atoms with Gasteiger partial charge in [-0.25, -0.2) is 0 Å². The number of rotatable bonds is 11. The van der Waals surface area contributed by atoms with Crippen LogP contribution >= 0.6 is 12.2 Å². The Labute approximate surface area is 178 Å². The van der Waals surface area contributed by atoms with Crippen molar-refractivity contribution >= 4 is 41.2 Å². The third-order valence-electron chi connectivity index (χ3n) is 4.08. The first kappa shape index (κ1) is 23.7. The second kappa shape index (κ2) is 11.0. The van der Waals surface area contributed by atoms with Gasteiger partial charge in [-0.3, -0.25) is 33.8 Å². The number of aromatic nitrogens is 4. The van der Waals surface area contributed by atoms with Crippen LogP contribution in [0, 0.1) is 4.77 Å². The van der Waals surface area contributed by atoms with Gasteiger partial charge >= 0.3 is 5.97 Å². The Balaban J connectivity index is 2.43. The first-order chi connectivity index (χ1) is 14.3. The van der Waals surface area contributed by atoms with Crippen LogP contribution < -0.4 is 10.9 Å². The molecular formula is C18H27N5O6S. The minimum atomic E-state index is -0.511. The summed E-state index contributed by atoms with van der Waals surface area (Å²) in [5.41, 5.74) is -0.0212. The Morgan fingerprint density at radius 3 is 2.63 bits per heavy atom. The largest absolute Gasteiger partial charge is 0.463 e. The molecule has 166 valence electrons. The van der Waals surface area contributed by atoms with Crippen molar-refractivity contribution in [2.45, 2.75) is 53.5 Å². The average molecular weight is 442 g/mol. The van der Waals surface area contributed by atoms with E-state index in [2.05, 4.69) is 22.2 Å². The molecule has 2 aromatic heterocycles. The fraction of sp³-hybridized carbons (Fsp3) is 0.611. The minimum absolute atomic E-state index is 0.000340. The summed E-state index contributed by atoms with van der Waals surface area (Å²) in [6, 6.07) is 0. The topological polar surface area (TPSA) is 129 Å². The molecule has 1 atom stereocenters. The van der Waals surface area contributed by atoms with Gasteiger partial charge in [0, 0.05) is 20.5 Å². The summed E-state index contributed by atoms with van der Waals surface area (Å²) >= 11 is 5.56. The van der Waals surface area contributed by atoms with E-state index in [1.54, 1.807) is 11.5 Å². The molecule has 11 nitrogen and oxygen atoms in total. The fourth-order valence-electron chi connectivity index (χ4n) is 2.73. The number of esters is 1. The molecule has 2 N–H and O–H groups in total. The molecule has 0 bridgehead atoms. The number of carbonyl (C=O) groups is 2. The monoisotopic (exact) mass is 441 g/mol. The van der Waals surface area contributed by atoms with Crippen LogP contribution in [0.1, 0.15) is 46.8 Å². The maximum absolute atomic E-state index is 12.8. The van der Waals surface area contributed by atoms with Crippen molar-refractivity contribution in [2.24, 2.45) is 0 Å². The standard InChI is InChI=1S/C18H27N5O6S/c1-5-6-7-28-12(3)23-14-15(20-17(19-11(2)24)21-16(14)26)22(18(23)30)10-27-8-9-29-13(4)25/h12H,5-10H2,1-4H3,(H2,19,20,21,24,26). The van der Waals surface area contributed by atoms with Gasteiger partial charge in [-0.05, 0) is 25.6 Å². The number of H-pyrrole nitrogens is 1. The Bertz CT molecular complexity index is 1010. The lowest BCUT2D eigenvalue weighted by molar-refractivity contribution is -0.142. The highest BCUT2D eigenvalue weighted by Crippen LogP contribution is 2.20. The molecule has 0 aliphatic heterocycles. The van der Waals surface area contributed by atoms with Crippen LogP contribution in [0.15, 0.2) is 4.79 Å². The number of anilines is 1. The lowest BCUT2D eigenvalue weighted by Crippen LogP contribution is -2.20. The van der Waals surface area contributed by atoms with Crippen LogP contribution in [0.3, 0.4) is 0 Å². The van der Waals surface area contributed by atoms with Crippen molar-refractivity contribution < 1.29 is 23.8 Å². The van der Waals surface area contributed by atoms with Crippen LogP contribution in [0.25, 0.3) is 11.2 Å². The first-order valence-electron chi connectivity index (χ1n) is 9.61. The lowest BCUT2D eigenvalue weighted by Gasteiger charge is -2.15. The SMILES string of the molecule is CCCCOC(C)n1c(=S)n(COCCOC(C)=O)c2nc(NC(C)=O)[nH]c(=O)c21. The highest BCUT2D eigenvalue weighted by atomic mass is 32.1. The van der Waals surface area contributed by atoms with Crippen molar-refractivity contribution in [3.05, 3.63) is 15.1 Å². The summed E-state index contributed by atoms with van der Waals surface area (Å²) in [5.74, 6) is -0.783. The third-order valence-corrected chi connectivity index (χ3v) is 4.50. The predicted octanol–water partition coefficient (Wildman–Crippen LogP) is 2.09. The quantitative estimate of drug-likeness (QED) is 0.308. The first-order valence-corrected chi connectivity index (χ1v) is 10.0. The van der Waals surface area contributed by atoms with Gasteiger partial charge in [0.15, 0.2) is 15.9 Å². The maximum atomic E-state index is 12.8. The number of ether oxygens (including phenoxy) is 3. The number of aromatic amines is 1. The molecule has 0 radical (unpaired) electrons. The summed E-state index contributed by atoms with van der Waals surface area (Å²) in [7, 11) is 0. The Hall–Kier alpha value is -2.57. The molecule has 1 amide bonds. The number of imidazole rings is 1. The van der Waals surface area contributed by atoms with Crippen molar-refractivity contribution in [2.75, 3.05) is 25.1 Å². The van der Waals surface area contributed by atoms with Gasteiger partial charge in [0.05, 0.1) is 6.61 Å². The molecule has 2 rings (SSSR count). The molecule has 30 heavy (non-hydrogen) atoms. The van der Waals surface area contributed by atoms with Crippen LogP contribution in [0.2, 0.25) is 0 Å². The Kier molecular flexibility index (Phi) is 8.69. The normalized spacial score (nSPS) is 12.1. The van der Waals surface area contributed by atoms with Crippen LogP contribution in [0.4, 0.5) is 5.95 Å². The highest BCUT2D eigenvalue weighted by molar-refractivity contribution is 7.71. The number of nitrogens with one attached hydrogen (secondary N) is 2. The molecular weight excluding hydrogens is 414 g/mol. The fourth-order valence-corrected chi connectivity index (χ4v) is 3.11. The van der Waals surface area contributed by atoms with Gasteiger partial charge in [-0.1, -0.05) is 13.3 Å². The van der Waals surface area contributed by atoms with Gasteiger partial charge in [0.2, 0.25) is 11.9 Å². The number of fused-ring (bicyclic) bond motifs is 1. The second-order valence-electron chi connectivity index (χ2n) is 6.55. The molecule has 0 aromatic carbocycles. The molecule has 2 heterocycles. The Morgan fingerprint density at radius 2 is 2.00 bits per heavy atom. The zero-order chi connectivity index (χ0) is 22.3. The second-order valence-corrected chi connectivity index (χ2v) is 6.91. The van der Waals surface area contributed by atoms with Gasteiger partial charge in [-0.15, -0.1) is 0 Å². The number of nitrogens with zero attached hydrogens (tertiary/aromatic N) is 3. The molecule has 0 aliphatic rings. The molecule has 0 saturated heterocycles. The minimum Gasteiger partial charge on any atom is -0.463 e. The zero-order valence-electron chi connectivity index (χ0n) is 17.5. The third kappa shape index (κ3) is 5.97. The molecule has 0 fully saturated rings. The predicted molar refractivity (Wildman–Crippen MR) is 112 cm³/mol. The van der Waals surface area contributed by atoms with Gasteiger partial charge in [-0.2, -0.15) is 4.98 Å². The van der Waals surface area contributed by atoms with Crippen molar-refractivity contribution in [3.63, 3.8) is 0 Å². The van der Waals surface area contributed by atoms with Gasteiger partial charge in [0.25, 0.3) is 5.56 Å². The van der Waals surface area contributed by atoms with Crippen LogP contribution in [0.5, 0.6) is 0 Å². The van der Waals surface area contributed by atoms with E-state index < -0.39 is 17.8 Å². The van der Waals surface area contributed by atoms with Gasteiger partial charge in [0.1, 0.15) is 19.6 Å². The number of hydrogen-bond acceptors (Lipinski definition) is 8. The summed E-state index contributed by atoms with van der Waals surface area (Å²) in [5, 5.41) is 2.46. The molecule has 0 aliphatic carbocycles. The summed E-state index contributed by atoms with van der Waals surface area (Å²) in [6.45, 7) is 7.17. The summed E-state index contributed by atoms with van der Waals surface area (Å²) in [4.78, 5) is 41.9. The number of unbranched alkanes of at least 4 members (excludes halogenated alkanes) is 1. The number of carbonyl (C=O) groups excluding carboxylic acids is 2. The molecule has 1 unspecified atom stereocenters. The van der Waals surface area contributed by atoms with E-state index in [1.807, 2.05) is 0 Å². The zero-order valence-corrected chi connectivity index (χ0v) is 18.3. The van der Waals surface area contributed by atoms with Crippen LogP contribution in [-0.4, -0.2) is 50.8 Å². The van der Waals surface area contributed by atoms with E-state index in [4.69, 9.17) is 26.4 Å². The summed E-state index contributed by atoms with van der Waals surface area (Å²) < 4.78 is 19.6. The number of amides is 1. The lowest BCUT2D eigenvalue weighted by atomic mass is 10.4. The Morgan fingerprint density at radius 1 is 1.27 bits per heavy atom. The van der Waals surface area contributed by atoms with Crippen molar-refractivity contribution in [3.8, 4) is 0 Å². The molecule has 12 heteroatoms.